The highest BCUT2D eigenvalue weighted by Gasteiger charge is 2.01. The largest absolute Gasteiger partial charge is 0.453 e. The summed E-state index contributed by atoms with van der Waals surface area (Å²) in [5.74, 6) is 1.85. The van der Waals surface area contributed by atoms with Gasteiger partial charge in [0.25, 0.3) is 0 Å². The van der Waals surface area contributed by atoms with Crippen LogP contribution in [-0.4, -0.2) is 44.3 Å². The molecule has 0 radical (unpaired) electrons. The first kappa shape index (κ1) is 18.2. The lowest BCUT2D eigenvalue weighted by Crippen LogP contribution is -2.38. The first-order chi connectivity index (χ1) is 10.7. The number of carbonyl (C=O) groups is 1. The third-order valence-corrected chi connectivity index (χ3v) is 3.36. The summed E-state index contributed by atoms with van der Waals surface area (Å²) in [5, 5.41) is 9.11. The summed E-state index contributed by atoms with van der Waals surface area (Å²) in [7, 11) is 1.34. The molecule has 0 spiro atoms. The Morgan fingerprint density at radius 2 is 2.00 bits per heavy atom. The summed E-state index contributed by atoms with van der Waals surface area (Å²) in [6.45, 7) is 4.33. The second-order valence-corrected chi connectivity index (χ2v) is 5.41. The van der Waals surface area contributed by atoms with Crippen LogP contribution in [0, 0.1) is 0 Å². The van der Waals surface area contributed by atoms with E-state index in [1.54, 1.807) is 11.8 Å². The molecule has 0 aliphatic rings. The van der Waals surface area contributed by atoms with Crippen LogP contribution in [0.15, 0.2) is 29.3 Å². The topological polar surface area (TPSA) is 74.8 Å². The summed E-state index contributed by atoms with van der Waals surface area (Å²) >= 11 is 1.79. The van der Waals surface area contributed by atoms with Gasteiger partial charge in [0.2, 0.25) is 0 Å². The third-order valence-electron chi connectivity index (χ3n) is 2.75. The van der Waals surface area contributed by atoms with Gasteiger partial charge >= 0.3 is 6.09 Å². The molecule has 0 saturated carbocycles. The van der Waals surface area contributed by atoms with E-state index < -0.39 is 6.09 Å². The molecule has 1 rings (SSSR count). The third kappa shape index (κ3) is 7.21. The van der Waals surface area contributed by atoms with Crippen molar-refractivity contribution in [2.75, 3.05) is 37.5 Å². The molecule has 1 aromatic carbocycles. The van der Waals surface area contributed by atoms with Crippen molar-refractivity contribution in [2.24, 2.45) is 4.99 Å². The smallest absolute Gasteiger partial charge is 0.411 e. The number of ether oxygens (including phenoxy) is 1. The van der Waals surface area contributed by atoms with Gasteiger partial charge in [0.05, 0.1) is 13.7 Å². The molecule has 7 heteroatoms. The minimum Gasteiger partial charge on any atom is -0.453 e. The van der Waals surface area contributed by atoms with Crippen molar-refractivity contribution in [3.05, 3.63) is 29.8 Å². The van der Waals surface area contributed by atoms with Crippen LogP contribution in [0.1, 0.15) is 12.5 Å². The Morgan fingerprint density at radius 1 is 1.27 bits per heavy atom. The Kier molecular flexibility index (Phi) is 8.90. The number of benzene rings is 1. The van der Waals surface area contributed by atoms with Gasteiger partial charge in [0, 0.05) is 24.5 Å². The lowest BCUT2D eigenvalue weighted by molar-refractivity contribution is 0.187. The van der Waals surface area contributed by atoms with Gasteiger partial charge in [0.1, 0.15) is 0 Å². The number of carbonyl (C=O) groups excluding carboxylic acids is 1. The van der Waals surface area contributed by atoms with E-state index in [-0.39, 0.29) is 0 Å². The predicted molar refractivity (Wildman–Crippen MR) is 93.7 cm³/mol. The van der Waals surface area contributed by atoms with Crippen LogP contribution in [0.5, 0.6) is 0 Å². The first-order valence-electron chi connectivity index (χ1n) is 7.14. The zero-order valence-corrected chi connectivity index (χ0v) is 14.1. The van der Waals surface area contributed by atoms with E-state index in [0.29, 0.717) is 12.2 Å². The Morgan fingerprint density at radius 3 is 2.59 bits per heavy atom. The fourth-order valence-electron chi connectivity index (χ4n) is 1.65. The maximum absolute atomic E-state index is 11.1. The molecule has 6 nitrogen and oxygen atoms in total. The van der Waals surface area contributed by atoms with Gasteiger partial charge in [-0.2, -0.15) is 11.8 Å². The molecule has 3 N–H and O–H groups in total. The van der Waals surface area contributed by atoms with Crippen LogP contribution >= 0.6 is 11.8 Å². The summed E-state index contributed by atoms with van der Waals surface area (Å²) in [4.78, 5) is 15.6. The van der Waals surface area contributed by atoms with Crippen LogP contribution < -0.4 is 16.0 Å². The van der Waals surface area contributed by atoms with E-state index in [1.807, 2.05) is 31.2 Å². The van der Waals surface area contributed by atoms with Gasteiger partial charge < -0.3 is 15.4 Å². The van der Waals surface area contributed by atoms with Gasteiger partial charge in [-0.15, -0.1) is 0 Å². The molecule has 1 aromatic rings. The number of guanidine groups is 1. The van der Waals surface area contributed by atoms with E-state index in [0.717, 1.165) is 30.4 Å². The second kappa shape index (κ2) is 10.8. The summed E-state index contributed by atoms with van der Waals surface area (Å²) in [5.41, 5.74) is 1.77. The van der Waals surface area contributed by atoms with Gasteiger partial charge in [-0.3, -0.25) is 5.32 Å². The maximum Gasteiger partial charge on any atom is 0.411 e. The van der Waals surface area contributed by atoms with Gasteiger partial charge in [0.15, 0.2) is 5.96 Å². The Labute approximate surface area is 136 Å². The number of hydrogen-bond donors (Lipinski definition) is 3. The van der Waals surface area contributed by atoms with E-state index in [4.69, 9.17) is 0 Å². The number of amides is 1. The highest BCUT2D eigenvalue weighted by Crippen LogP contribution is 2.10. The molecular weight excluding hydrogens is 300 g/mol. The van der Waals surface area contributed by atoms with Crippen molar-refractivity contribution in [1.29, 1.82) is 0 Å². The SMILES string of the molecule is CCNC(=NCc1ccc(NC(=O)OC)cc1)NCCSC. The number of anilines is 1. The molecular formula is C15H24N4O2S. The maximum atomic E-state index is 11.1. The number of hydrogen-bond acceptors (Lipinski definition) is 4. The Bertz CT molecular complexity index is 477. The van der Waals surface area contributed by atoms with Crippen LogP contribution in [0.3, 0.4) is 0 Å². The van der Waals surface area contributed by atoms with Gasteiger partial charge in [-0.05, 0) is 30.9 Å². The van der Waals surface area contributed by atoms with Crippen molar-refractivity contribution in [3.63, 3.8) is 0 Å². The number of methoxy groups -OCH3 is 1. The minimum atomic E-state index is -0.474. The second-order valence-electron chi connectivity index (χ2n) is 4.43. The summed E-state index contributed by atoms with van der Waals surface area (Å²) in [6, 6.07) is 7.52. The molecule has 0 bridgehead atoms. The number of aliphatic imine (C=N–C) groups is 1. The highest BCUT2D eigenvalue weighted by molar-refractivity contribution is 7.98. The summed E-state index contributed by atoms with van der Waals surface area (Å²) in [6.07, 6.45) is 1.61. The van der Waals surface area contributed by atoms with E-state index in [1.165, 1.54) is 7.11 Å². The van der Waals surface area contributed by atoms with Crippen molar-refractivity contribution in [3.8, 4) is 0 Å². The monoisotopic (exact) mass is 324 g/mol. The van der Waals surface area contributed by atoms with Crippen LogP contribution in [0.2, 0.25) is 0 Å². The molecule has 0 aromatic heterocycles. The van der Waals surface area contributed by atoms with Crippen LogP contribution in [0.4, 0.5) is 10.5 Å². The number of rotatable bonds is 7. The normalized spacial score (nSPS) is 11.0. The molecule has 0 aliphatic carbocycles. The van der Waals surface area contributed by atoms with Gasteiger partial charge in [-0.1, -0.05) is 12.1 Å². The average molecular weight is 324 g/mol. The molecule has 22 heavy (non-hydrogen) atoms. The molecule has 0 heterocycles. The number of nitrogens with zero attached hydrogens (tertiary/aromatic N) is 1. The molecule has 0 fully saturated rings. The Balaban J connectivity index is 2.55. The molecule has 0 unspecified atom stereocenters. The van der Waals surface area contributed by atoms with Crippen LogP contribution in [0.25, 0.3) is 0 Å². The Hall–Kier alpha value is -1.89. The molecule has 1 amide bonds. The number of nitrogens with one attached hydrogen (secondary N) is 3. The lowest BCUT2D eigenvalue weighted by atomic mass is 10.2. The quantitative estimate of drug-likeness (QED) is 0.408. The molecule has 0 aliphatic heterocycles. The minimum absolute atomic E-state index is 0.474. The van der Waals surface area contributed by atoms with Gasteiger partial charge in [-0.25, -0.2) is 9.79 Å². The number of thioether (sulfide) groups is 1. The van der Waals surface area contributed by atoms with Crippen molar-refractivity contribution < 1.29 is 9.53 Å². The standard InChI is InChI=1S/C15H24N4O2S/c1-4-16-14(17-9-10-22-3)18-11-12-5-7-13(8-6-12)19-15(20)21-2/h5-8H,4,9-11H2,1-3H3,(H,19,20)(H2,16,17,18). The molecule has 0 atom stereocenters. The van der Waals surface area contributed by atoms with E-state index >= 15 is 0 Å². The van der Waals surface area contributed by atoms with Crippen molar-refractivity contribution in [2.45, 2.75) is 13.5 Å². The predicted octanol–water partition coefficient (Wildman–Crippen LogP) is 2.28. The molecule has 0 saturated heterocycles. The van der Waals surface area contributed by atoms with Crippen molar-refractivity contribution >= 4 is 29.5 Å². The highest BCUT2D eigenvalue weighted by atomic mass is 32.2. The molecule has 122 valence electrons. The average Bonchev–Trinajstić information content (AvgIpc) is 2.54. The summed E-state index contributed by atoms with van der Waals surface area (Å²) < 4.78 is 4.55. The van der Waals surface area contributed by atoms with E-state index in [2.05, 4.69) is 31.9 Å². The van der Waals surface area contributed by atoms with E-state index in [9.17, 15) is 4.79 Å². The fourth-order valence-corrected chi connectivity index (χ4v) is 1.95. The first-order valence-corrected chi connectivity index (χ1v) is 8.54. The van der Waals surface area contributed by atoms with Crippen molar-refractivity contribution in [1.82, 2.24) is 10.6 Å². The zero-order valence-electron chi connectivity index (χ0n) is 13.3. The van der Waals surface area contributed by atoms with Crippen LogP contribution in [-0.2, 0) is 11.3 Å². The zero-order chi connectivity index (χ0) is 16.2. The fraction of sp³-hybridized carbons (Fsp3) is 0.467. The lowest BCUT2D eigenvalue weighted by Gasteiger charge is -2.10.